The molecule has 1 aliphatic heterocycles. The van der Waals surface area contributed by atoms with Crippen molar-refractivity contribution in [3.05, 3.63) is 29.8 Å². The largest absolute Gasteiger partial charge is 0.377 e. The summed E-state index contributed by atoms with van der Waals surface area (Å²) in [6.07, 6.45) is 0.911. The van der Waals surface area contributed by atoms with Gasteiger partial charge in [-0.05, 0) is 30.7 Å². The van der Waals surface area contributed by atoms with Gasteiger partial charge >= 0.3 is 0 Å². The maximum absolute atomic E-state index is 12.4. The van der Waals surface area contributed by atoms with Gasteiger partial charge in [0, 0.05) is 17.8 Å². The lowest BCUT2D eigenvalue weighted by Crippen LogP contribution is -2.48. The summed E-state index contributed by atoms with van der Waals surface area (Å²) in [7, 11) is 0. The zero-order chi connectivity index (χ0) is 13.0. The van der Waals surface area contributed by atoms with Crippen molar-refractivity contribution in [2.45, 2.75) is 19.4 Å². The Bertz CT molecular complexity index is 405. The Morgan fingerprint density at radius 2 is 2.22 bits per heavy atom. The van der Waals surface area contributed by atoms with Gasteiger partial charge in [0.05, 0.1) is 19.3 Å². The zero-order valence-corrected chi connectivity index (χ0v) is 10.6. The molecule has 1 amide bonds. The third-order valence-corrected chi connectivity index (χ3v) is 3.26. The average molecular weight is 249 g/mol. The molecule has 0 bridgehead atoms. The van der Waals surface area contributed by atoms with Gasteiger partial charge in [0.25, 0.3) is 5.91 Å². The summed E-state index contributed by atoms with van der Waals surface area (Å²) in [4.78, 5) is 14.3. The molecule has 0 aromatic heterocycles. The highest BCUT2D eigenvalue weighted by molar-refractivity contribution is 5.94. The fraction of sp³-hybridized carbons (Fsp3) is 0.462. The van der Waals surface area contributed by atoms with E-state index in [1.807, 2.05) is 4.90 Å². The van der Waals surface area contributed by atoms with E-state index in [0.29, 0.717) is 25.3 Å². The molecule has 0 aliphatic carbocycles. The van der Waals surface area contributed by atoms with Crippen LogP contribution in [0.4, 0.5) is 5.69 Å². The van der Waals surface area contributed by atoms with Crippen molar-refractivity contribution in [3.8, 4) is 0 Å². The molecular formula is C13H19N3O2. The maximum atomic E-state index is 12.4. The quantitative estimate of drug-likeness (QED) is 0.624. The maximum Gasteiger partial charge on any atom is 0.254 e. The number of hydrogen-bond donors (Lipinski definition) is 2. The summed E-state index contributed by atoms with van der Waals surface area (Å²) >= 11 is 0. The Hall–Kier alpha value is -1.59. The third kappa shape index (κ3) is 2.63. The zero-order valence-electron chi connectivity index (χ0n) is 10.6. The van der Waals surface area contributed by atoms with Gasteiger partial charge in [0.1, 0.15) is 0 Å². The minimum absolute atomic E-state index is 0.0636. The first kappa shape index (κ1) is 12.9. The molecule has 0 spiro atoms. The van der Waals surface area contributed by atoms with Crippen LogP contribution in [0.1, 0.15) is 23.7 Å². The Labute approximate surface area is 107 Å². The number of amides is 1. The van der Waals surface area contributed by atoms with Crippen molar-refractivity contribution < 1.29 is 9.53 Å². The van der Waals surface area contributed by atoms with E-state index in [2.05, 4.69) is 12.3 Å². The van der Waals surface area contributed by atoms with Gasteiger partial charge in [-0.3, -0.25) is 10.6 Å². The molecular weight excluding hydrogens is 230 g/mol. The molecule has 5 nitrogen and oxygen atoms in total. The highest BCUT2D eigenvalue weighted by Crippen LogP contribution is 2.16. The summed E-state index contributed by atoms with van der Waals surface area (Å²) < 4.78 is 5.41. The van der Waals surface area contributed by atoms with Crippen LogP contribution in [-0.4, -0.2) is 36.6 Å². The number of nitrogen functional groups attached to an aromatic ring is 1. The average Bonchev–Trinajstić information content (AvgIpc) is 2.46. The number of hydrazine groups is 1. The highest BCUT2D eigenvalue weighted by atomic mass is 16.5. The highest BCUT2D eigenvalue weighted by Gasteiger charge is 2.26. The van der Waals surface area contributed by atoms with Gasteiger partial charge in [-0.1, -0.05) is 6.92 Å². The predicted molar refractivity (Wildman–Crippen MR) is 70.2 cm³/mol. The number of rotatable bonds is 3. The first-order valence-electron chi connectivity index (χ1n) is 6.21. The van der Waals surface area contributed by atoms with Crippen LogP contribution in [0, 0.1) is 0 Å². The smallest absolute Gasteiger partial charge is 0.254 e. The lowest BCUT2D eigenvalue weighted by Gasteiger charge is -2.35. The number of carbonyl (C=O) groups excluding carboxylic acids is 1. The molecule has 1 unspecified atom stereocenters. The number of nitrogens with two attached hydrogens (primary N) is 1. The summed E-state index contributed by atoms with van der Waals surface area (Å²) in [6, 6.07) is 7.36. The summed E-state index contributed by atoms with van der Waals surface area (Å²) in [5.41, 5.74) is 4.03. The van der Waals surface area contributed by atoms with Crippen LogP contribution >= 0.6 is 0 Å². The monoisotopic (exact) mass is 249 g/mol. The molecule has 98 valence electrons. The molecule has 5 heteroatoms. The molecule has 1 fully saturated rings. The number of carbonyl (C=O) groups is 1. The lowest BCUT2D eigenvalue weighted by molar-refractivity contribution is -0.00279. The van der Waals surface area contributed by atoms with E-state index < -0.39 is 0 Å². The molecule has 0 radical (unpaired) electrons. The number of anilines is 1. The summed E-state index contributed by atoms with van der Waals surface area (Å²) in [5, 5.41) is 0. The third-order valence-electron chi connectivity index (χ3n) is 3.26. The Morgan fingerprint density at radius 1 is 1.50 bits per heavy atom. The Balaban J connectivity index is 2.13. The van der Waals surface area contributed by atoms with Crippen molar-refractivity contribution in [1.82, 2.24) is 4.90 Å². The minimum Gasteiger partial charge on any atom is -0.377 e. The van der Waals surface area contributed by atoms with Crippen molar-refractivity contribution in [2.75, 3.05) is 25.2 Å². The van der Waals surface area contributed by atoms with E-state index in [9.17, 15) is 4.79 Å². The second-order valence-electron chi connectivity index (χ2n) is 4.36. The Morgan fingerprint density at radius 3 is 2.83 bits per heavy atom. The van der Waals surface area contributed by atoms with Gasteiger partial charge in [0.15, 0.2) is 0 Å². The number of hydrogen-bond acceptors (Lipinski definition) is 4. The van der Waals surface area contributed by atoms with Gasteiger partial charge < -0.3 is 15.1 Å². The van der Waals surface area contributed by atoms with Gasteiger partial charge in [-0.2, -0.15) is 0 Å². The number of benzene rings is 1. The van der Waals surface area contributed by atoms with Crippen LogP contribution < -0.4 is 11.3 Å². The van der Waals surface area contributed by atoms with E-state index in [0.717, 1.165) is 12.1 Å². The topological polar surface area (TPSA) is 67.6 Å². The molecule has 2 rings (SSSR count). The van der Waals surface area contributed by atoms with E-state index in [1.54, 1.807) is 24.3 Å². The second kappa shape index (κ2) is 5.84. The lowest BCUT2D eigenvalue weighted by atomic mass is 10.1. The van der Waals surface area contributed by atoms with Crippen molar-refractivity contribution >= 4 is 11.6 Å². The first-order valence-corrected chi connectivity index (χ1v) is 6.21. The van der Waals surface area contributed by atoms with Crippen LogP contribution in [0.15, 0.2) is 24.3 Å². The SMILES string of the molecule is CCC1COCCN1C(=O)c1ccc(NN)cc1. The standard InChI is InChI=1S/C13H19N3O2/c1-2-12-9-18-8-7-16(12)13(17)10-3-5-11(15-14)6-4-10/h3-6,12,15H,2,7-9,14H2,1H3. The molecule has 1 saturated heterocycles. The molecule has 1 aromatic rings. The van der Waals surface area contributed by atoms with Gasteiger partial charge in [0.2, 0.25) is 0 Å². The van der Waals surface area contributed by atoms with Crippen molar-refractivity contribution in [1.29, 1.82) is 0 Å². The number of morpholine rings is 1. The van der Waals surface area contributed by atoms with Crippen LogP contribution in [0.2, 0.25) is 0 Å². The number of nitrogens with one attached hydrogen (secondary N) is 1. The fourth-order valence-corrected chi connectivity index (χ4v) is 2.14. The van der Waals surface area contributed by atoms with Crippen LogP contribution in [0.3, 0.4) is 0 Å². The van der Waals surface area contributed by atoms with Gasteiger partial charge in [-0.15, -0.1) is 0 Å². The molecule has 3 N–H and O–H groups in total. The second-order valence-corrected chi connectivity index (χ2v) is 4.36. The van der Waals surface area contributed by atoms with E-state index in [1.165, 1.54) is 0 Å². The number of ether oxygens (including phenoxy) is 1. The van der Waals surface area contributed by atoms with Crippen LogP contribution in [-0.2, 0) is 4.74 Å². The summed E-state index contributed by atoms with van der Waals surface area (Å²) in [6.45, 7) is 3.98. The molecule has 1 aliphatic rings. The molecule has 18 heavy (non-hydrogen) atoms. The Kier molecular flexibility index (Phi) is 4.17. The number of nitrogens with zero attached hydrogens (tertiary/aromatic N) is 1. The predicted octanol–water partition coefficient (Wildman–Crippen LogP) is 1.22. The van der Waals surface area contributed by atoms with Crippen molar-refractivity contribution in [2.24, 2.45) is 5.84 Å². The summed E-state index contributed by atoms with van der Waals surface area (Å²) in [5.74, 6) is 5.36. The molecule has 1 heterocycles. The molecule has 1 aromatic carbocycles. The molecule has 1 atom stereocenters. The van der Waals surface area contributed by atoms with E-state index >= 15 is 0 Å². The normalized spacial score (nSPS) is 19.7. The molecule has 0 saturated carbocycles. The first-order chi connectivity index (χ1) is 8.76. The van der Waals surface area contributed by atoms with E-state index in [-0.39, 0.29) is 11.9 Å². The van der Waals surface area contributed by atoms with Gasteiger partial charge in [-0.25, -0.2) is 0 Å². The van der Waals surface area contributed by atoms with Crippen molar-refractivity contribution in [3.63, 3.8) is 0 Å². The minimum atomic E-state index is 0.0636. The van der Waals surface area contributed by atoms with Crippen LogP contribution in [0.25, 0.3) is 0 Å². The fourth-order valence-electron chi connectivity index (χ4n) is 2.14. The van der Waals surface area contributed by atoms with E-state index in [4.69, 9.17) is 10.6 Å². The van der Waals surface area contributed by atoms with Crippen LogP contribution in [0.5, 0.6) is 0 Å².